The number of para-hydroxylation sites is 1. The van der Waals surface area contributed by atoms with Crippen molar-refractivity contribution in [3.05, 3.63) is 87.0 Å². The Morgan fingerprint density at radius 2 is 0.636 bits per heavy atom. The average molecular weight is 624 g/mol. The van der Waals surface area contributed by atoms with E-state index in [0.29, 0.717) is 41.4 Å². The topological polar surface area (TPSA) is 95.1 Å². The van der Waals surface area contributed by atoms with Crippen molar-refractivity contribution in [3.63, 3.8) is 0 Å². The fourth-order valence-corrected chi connectivity index (χ4v) is 5.66. The molecule has 0 unspecified atom stereocenters. The van der Waals surface area contributed by atoms with E-state index in [1.165, 1.54) is 44.5 Å². The number of rotatable bonds is 8. The number of benzene rings is 3. The van der Waals surface area contributed by atoms with Gasteiger partial charge in [0.15, 0.2) is 0 Å². The smallest absolute Gasteiger partial charge is 0.106 e. The van der Waals surface area contributed by atoms with Crippen LogP contribution in [0.1, 0.15) is 176 Å². The maximum atomic E-state index is 8.00. The van der Waals surface area contributed by atoms with E-state index in [0.717, 1.165) is 17.1 Å². The Kier molecular flexibility index (Phi) is 16.9. The molecule has 3 aromatic carbocycles. The molecule has 0 saturated heterocycles. The third-order valence-corrected chi connectivity index (χ3v) is 8.44. The SMILES string of the molecule is C=O.CC(C)c1cc(C(C)c2cc(C(C)C)c(N)c(C(C)C)c2)cc(C(C)C)c1N.CC(C)c1cccc(C(C)C)c1N.Cl. The molecule has 0 aliphatic rings. The molecule has 0 atom stereocenters. The van der Waals surface area contributed by atoms with Gasteiger partial charge in [0.05, 0.1) is 0 Å². The number of nitrogens with two attached hydrogens (primary N) is 3. The Bertz CT molecular complexity index is 1170. The largest absolute Gasteiger partial charge is 0.398 e. The molecule has 0 aliphatic heterocycles. The summed E-state index contributed by atoms with van der Waals surface area (Å²) < 4.78 is 0. The summed E-state index contributed by atoms with van der Waals surface area (Å²) in [6, 6.07) is 15.6. The van der Waals surface area contributed by atoms with Crippen molar-refractivity contribution in [1.29, 1.82) is 0 Å². The highest BCUT2D eigenvalue weighted by molar-refractivity contribution is 5.85. The van der Waals surface area contributed by atoms with E-state index in [2.05, 4.69) is 132 Å². The number of hydrogen-bond acceptors (Lipinski definition) is 4. The zero-order valence-electron chi connectivity index (χ0n) is 29.8. The van der Waals surface area contributed by atoms with E-state index in [4.69, 9.17) is 22.0 Å². The minimum atomic E-state index is 0. The molecule has 0 amide bonds. The number of hydrogen-bond donors (Lipinski definition) is 3. The summed E-state index contributed by atoms with van der Waals surface area (Å²) in [6.45, 7) is 30.8. The summed E-state index contributed by atoms with van der Waals surface area (Å²) in [5.74, 6) is 2.97. The minimum absolute atomic E-state index is 0. The Hall–Kier alpha value is -2.98. The average Bonchev–Trinajstić information content (AvgIpc) is 2.93. The summed E-state index contributed by atoms with van der Waals surface area (Å²) in [5, 5.41) is 0. The minimum Gasteiger partial charge on any atom is -0.398 e. The lowest BCUT2D eigenvalue weighted by molar-refractivity contribution is -0.0980. The third kappa shape index (κ3) is 10.0. The van der Waals surface area contributed by atoms with Gasteiger partial charge in [0.1, 0.15) is 6.79 Å². The zero-order valence-corrected chi connectivity index (χ0v) is 30.7. The maximum Gasteiger partial charge on any atom is 0.106 e. The van der Waals surface area contributed by atoms with Crippen LogP contribution >= 0.6 is 12.4 Å². The Balaban J connectivity index is 0.000000970. The molecular weight excluding hydrogens is 562 g/mol. The van der Waals surface area contributed by atoms with Crippen molar-refractivity contribution in [2.45, 2.75) is 131 Å². The van der Waals surface area contributed by atoms with Gasteiger partial charge < -0.3 is 22.0 Å². The number of nitrogen functional groups attached to an aromatic ring is 3. The van der Waals surface area contributed by atoms with Crippen LogP contribution in [0.15, 0.2) is 42.5 Å². The van der Waals surface area contributed by atoms with Crippen LogP contribution in [0.5, 0.6) is 0 Å². The van der Waals surface area contributed by atoms with Gasteiger partial charge in [-0.15, -0.1) is 12.4 Å². The van der Waals surface area contributed by atoms with Crippen molar-refractivity contribution in [1.82, 2.24) is 0 Å². The number of carbonyl (C=O) groups is 1. The molecule has 246 valence electrons. The van der Waals surface area contributed by atoms with Crippen molar-refractivity contribution in [2.24, 2.45) is 0 Å². The molecule has 0 radical (unpaired) electrons. The summed E-state index contributed by atoms with van der Waals surface area (Å²) in [5.41, 5.74) is 32.3. The molecule has 44 heavy (non-hydrogen) atoms. The van der Waals surface area contributed by atoms with Gasteiger partial charge in [0.2, 0.25) is 0 Å². The van der Waals surface area contributed by atoms with Gasteiger partial charge in [0, 0.05) is 23.0 Å². The normalized spacial score (nSPS) is 11.2. The monoisotopic (exact) mass is 623 g/mol. The maximum absolute atomic E-state index is 8.00. The molecule has 0 saturated carbocycles. The molecular formula is C39H62ClN3O. The summed E-state index contributed by atoms with van der Waals surface area (Å²) in [6.07, 6.45) is 0. The van der Waals surface area contributed by atoms with E-state index in [9.17, 15) is 0 Å². The first kappa shape index (κ1) is 41.0. The highest BCUT2D eigenvalue weighted by Crippen LogP contribution is 2.39. The van der Waals surface area contributed by atoms with E-state index in [1.54, 1.807) is 0 Å². The number of carbonyl (C=O) groups excluding carboxylic acids is 1. The van der Waals surface area contributed by atoms with Crippen LogP contribution in [-0.2, 0) is 4.79 Å². The van der Waals surface area contributed by atoms with Crippen LogP contribution in [0, 0.1) is 0 Å². The molecule has 0 bridgehead atoms. The van der Waals surface area contributed by atoms with Crippen LogP contribution < -0.4 is 17.2 Å². The lowest BCUT2D eigenvalue weighted by Crippen LogP contribution is -2.09. The zero-order chi connectivity index (χ0) is 33.3. The lowest BCUT2D eigenvalue weighted by Gasteiger charge is -2.24. The lowest BCUT2D eigenvalue weighted by atomic mass is 9.82. The summed E-state index contributed by atoms with van der Waals surface area (Å²) in [7, 11) is 0. The van der Waals surface area contributed by atoms with Crippen molar-refractivity contribution >= 4 is 36.3 Å². The fourth-order valence-electron chi connectivity index (χ4n) is 5.66. The summed E-state index contributed by atoms with van der Waals surface area (Å²) in [4.78, 5) is 8.00. The first-order valence-corrected chi connectivity index (χ1v) is 16.0. The van der Waals surface area contributed by atoms with E-state index in [1.807, 2.05) is 6.79 Å². The van der Waals surface area contributed by atoms with Gasteiger partial charge >= 0.3 is 0 Å². The number of anilines is 3. The highest BCUT2D eigenvalue weighted by atomic mass is 35.5. The molecule has 4 nitrogen and oxygen atoms in total. The van der Waals surface area contributed by atoms with Crippen LogP contribution in [0.25, 0.3) is 0 Å². The summed E-state index contributed by atoms with van der Waals surface area (Å²) >= 11 is 0. The molecule has 0 heterocycles. The molecule has 0 aliphatic carbocycles. The number of halogens is 1. The predicted octanol–water partition coefficient (Wildman–Crippen LogP) is 11.2. The van der Waals surface area contributed by atoms with Gasteiger partial charge in [-0.1, -0.05) is 132 Å². The van der Waals surface area contributed by atoms with Crippen molar-refractivity contribution in [3.8, 4) is 0 Å². The van der Waals surface area contributed by atoms with Crippen LogP contribution in [0.2, 0.25) is 0 Å². The molecule has 6 N–H and O–H groups in total. The first-order chi connectivity index (χ1) is 20.0. The molecule has 0 aromatic heterocycles. The van der Waals surface area contributed by atoms with Gasteiger partial charge in [-0.2, -0.15) is 0 Å². The second-order valence-electron chi connectivity index (χ2n) is 13.7. The van der Waals surface area contributed by atoms with E-state index < -0.39 is 0 Å². The van der Waals surface area contributed by atoms with Crippen LogP contribution in [0.3, 0.4) is 0 Å². The highest BCUT2D eigenvalue weighted by Gasteiger charge is 2.20. The second-order valence-corrected chi connectivity index (χ2v) is 13.7. The fraction of sp³-hybridized carbons (Fsp3) is 0.513. The predicted molar refractivity (Wildman–Crippen MR) is 199 cm³/mol. The molecule has 5 heteroatoms. The quantitative estimate of drug-likeness (QED) is 0.217. The van der Waals surface area contributed by atoms with E-state index in [-0.39, 0.29) is 12.4 Å². The first-order valence-electron chi connectivity index (χ1n) is 16.0. The van der Waals surface area contributed by atoms with Crippen molar-refractivity contribution in [2.75, 3.05) is 17.2 Å². The van der Waals surface area contributed by atoms with Crippen molar-refractivity contribution < 1.29 is 4.79 Å². The Morgan fingerprint density at radius 1 is 0.432 bits per heavy atom. The molecule has 3 rings (SSSR count). The van der Waals surface area contributed by atoms with Gasteiger partial charge in [-0.3, -0.25) is 0 Å². The standard InChI is InChI=1S/C26H40N2.C12H19N.CH2O.ClH/c1-14(2)21-10-19(11-22(15(3)4)25(21)27)18(9)20-12-23(16(5)6)26(28)24(13-20)17(7)8;1-8(2)10-6-5-7-11(9(3)4)12(10)13;1-2;/h10-18H,27-28H2,1-9H3;5-9H,13H2,1-4H3;1H2;1H. The Labute approximate surface area is 276 Å². The van der Waals surface area contributed by atoms with Gasteiger partial charge in [-0.25, -0.2) is 0 Å². The van der Waals surface area contributed by atoms with Crippen LogP contribution in [-0.4, -0.2) is 6.79 Å². The van der Waals surface area contributed by atoms with E-state index >= 15 is 0 Å². The van der Waals surface area contributed by atoms with Gasteiger partial charge in [0.25, 0.3) is 0 Å². The second kappa shape index (κ2) is 18.1. The Morgan fingerprint density at radius 3 is 0.841 bits per heavy atom. The molecule has 0 spiro atoms. The molecule has 3 aromatic rings. The van der Waals surface area contributed by atoms with Gasteiger partial charge in [-0.05, 0) is 80.0 Å². The molecule has 0 fully saturated rings. The third-order valence-electron chi connectivity index (χ3n) is 8.44. The van der Waals surface area contributed by atoms with Crippen LogP contribution in [0.4, 0.5) is 17.1 Å².